The number of likely N-dealkylation sites (N-methyl/N-ethyl adjacent to an activating group) is 1. The summed E-state index contributed by atoms with van der Waals surface area (Å²) in [6.07, 6.45) is -3.35. The minimum Gasteiger partial charge on any atom is -0.374 e. The van der Waals surface area contributed by atoms with E-state index in [2.05, 4.69) is 4.74 Å². The lowest BCUT2D eigenvalue weighted by Crippen LogP contribution is -2.37. The van der Waals surface area contributed by atoms with E-state index in [-0.39, 0.29) is 0 Å². The Bertz CT molecular complexity index is 107. The number of halogens is 2. The molecular formula is C8H17F2NO. The Labute approximate surface area is 72.5 Å². The lowest BCUT2D eigenvalue weighted by Gasteiger charge is -2.23. The van der Waals surface area contributed by atoms with Crippen molar-refractivity contribution in [3.8, 4) is 0 Å². The van der Waals surface area contributed by atoms with Crippen LogP contribution < -0.4 is 0 Å². The van der Waals surface area contributed by atoms with E-state index in [4.69, 9.17) is 0 Å². The van der Waals surface area contributed by atoms with Gasteiger partial charge in [0.25, 0.3) is 6.43 Å². The quantitative estimate of drug-likeness (QED) is 0.617. The zero-order valence-electron chi connectivity index (χ0n) is 7.89. The second kappa shape index (κ2) is 6.31. The topological polar surface area (TPSA) is 12.5 Å². The van der Waals surface area contributed by atoms with Crippen molar-refractivity contribution < 1.29 is 13.5 Å². The van der Waals surface area contributed by atoms with Crippen molar-refractivity contribution in [3.63, 3.8) is 0 Å². The Morgan fingerprint density at radius 2 is 1.75 bits per heavy atom. The van der Waals surface area contributed by atoms with Crippen LogP contribution in [0.3, 0.4) is 0 Å². The molecule has 4 heteroatoms. The van der Waals surface area contributed by atoms with Gasteiger partial charge in [-0.1, -0.05) is 13.8 Å². The number of rotatable bonds is 6. The van der Waals surface area contributed by atoms with Crippen molar-refractivity contribution in [2.75, 3.05) is 26.7 Å². The molecule has 0 radical (unpaired) electrons. The van der Waals surface area contributed by atoms with E-state index >= 15 is 0 Å². The summed E-state index contributed by atoms with van der Waals surface area (Å²) in [5, 5.41) is 0. The van der Waals surface area contributed by atoms with Gasteiger partial charge in [-0.3, -0.25) is 0 Å². The molecule has 0 fully saturated rings. The van der Waals surface area contributed by atoms with Crippen LogP contribution in [0.25, 0.3) is 0 Å². The Balaban J connectivity index is 3.82. The number of alkyl halides is 2. The molecule has 0 aliphatic heterocycles. The van der Waals surface area contributed by atoms with Gasteiger partial charge in [0.05, 0.1) is 0 Å². The summed E-state index contributed by atoms with van der Waals surface area (Å²) >= 11 is 0. The van der Waals surface area contributed by atoms with E-state index in [1.54, 1.807) is 0 Å². The first-order valence-corrected chi connectivity index (χ1v) is 4.18. The van der Waals surface area contributed by atoms with Gasteiger partial charge in [-0.05, 0) is 13.1 Å². The van der Waals surface area contributed by atoms with E-state index in [9.17, 15) is 8.78 Å². The van der Waals surface area contributed by atoms with Gasteiger partial charge in [0.1, 0.15) is 6.10 Å². The predicted octanol–water partition coefficient (Wildman–Crippen LogP) is 1.61. The number of ether oxygens (including phenoxy) is 1. The third-order valence-electron chi connectivity index (χ3n) is 1.92. The number of nitrogens with zero attached hydrogens (tertiary/aromatic N) is 1. The maximum absolute atomic E-state index is 12.2. The van der Waals surface area contributed by atoms with Crippen LogP contribution in [-0.2, 0) is 4.74 Å². The molecule has 0 amide bonds. The van der Waals surface area contributed by atoms with Crippen LogP contribution in [0, 0.1) is 0 Å². The smallest absolute Gasteiger partial charge is 0.265 e. The second-order valence-electron chi connectivity index (χ2n) is 2.59. The highest BCUT2D eigenvalue weighted by Gasteiger charge is 2.21. The second-order valence-corrected chi connectivity index (χ2v) is 2.59. The minimum absolute atomic E-state index is 0.307. The Morgan fingerprint density at radius 1 is 1.25 bits per heavy atom. The maximum Gasteiger partial charge on any atom is 0.265 e. The van der Waals surface area contributed by atoms with Crippen LogP contribution in [0.2, 0.25) is 0 Å². The van der Waals surface area contributed by atoms with Crippen LogP contribution in [0.5, 0.6) is 0 Å². The summed E-state index contributed by atoms with van der Waals surface area (Å²) in [4.78, 5) is 1.92. The van der Waals surface area contributed by atoms with Gasteiger partial charge in [-0.25, -0.2) is 8.78 Å². The molecule has 0 aromatic carbocycles. The first-order valence-electron chi connectivity index (χ1n) is 4.18. The highest BCUT2D eigenvalue weighted by molar-refractivity contribution is 4.65. The van der Waals surface area contributed by atoms with Crippen LogP contribution in [0.4, 0.5) is 8.78 Å². The summed E-state index contributed by atoms with van der Waals surface area (Å²) in [7, 11) is 1.32. The Hall–Kier alpha value is -0.220. The van der Waals surface area contributed by atoms with Gasteiger partial charge in [0.2, 0.25) is 0 Å². The zero-order chi connectivity index (χ0) is 9.56. The van der Waals surface area contributed by atoms with E-state index in [0.29, 0.717) is 6.54 Å². The van der Waals surface area contributed by atoms with Gasteiger partial charge in [0, 0.05) is 13.7 Å². The van der Waals surface area contributed by atoms with Crippen LogP contribution in [0.1, 0.15) is 13.8 Å². The molecular weight excluding hydrogens is 164 g/mol. The molecule has 0 unspecified atom stereocenters. The van der Waals surface area contributed by atoms with Gasteiger partial charge >= 0.3 is 0 Å². The van der Waals surface area contributed by atoms with Crippen LogP contribution in [0.15, 0.2) is 0 Å². The van der Waals surface area contributed by atoms with E-state index in [0.717, 1.165) is 13.1 Å². The molecule has 74 valence electrons. The summed E-state index contributed by atoms with van der Waals surface area (Å²) < 4.78 is 29.0. The van der Waals surface area contributed by atoms with Crippen LogP contribution in [-0.4, -0.2) is 44.2 Å². The summed E-state index contributed by atoms with van der Waals surface area (Å²) in [5.41, 5.74) is 0. The molecule has 0 aromatic rings. The van der Waals surface area contributed by atoms with Crippen molar-refractivity contribution in [2.24, 2.45) is 0 Å². The molecule has 0 N–H and O–H groups in total. The minimum atomic E-state index is -2.39. The summed E-state index contributed by atoms with van der Waals surface area (Å²) in [5.74, 6) is 0. The van der Waals surface area contributed by atoms with Crippen LogP contribution >= 0.6 is 0 Å². The van der Waals surface area contributed by atoms with E-state index < -0.39 is 12.5 Å². The summed E-state index contributed by atoms with van der Waals surface area (Å²) in [6.45, 7) is 5.76. The molecule has 12 heavy (non-hydrogen) atoms. The van der Waals surface area contributed by atoms with E-state index in [1.807, 2.05) is 18.7 Å². The number of hydrogen-bond donors (Lipinski definition) is 0. The normalized spacial score (nSPS) is 14.2. The number of hydrogen-bond acceptors (Lipinski definition) is 2. The molecule has 0 saturated carbocycles. The molecule has 0 spiro atoms. The van der Waals surface area contributed by atoms with E-state index in [1.165, 1.54) is 7.11 Å². The Morgan fingerprint density at radius 3 is 2.00 bits per heavy atom. The van der Waals surface area contributed by atoms with Gasteiger partial charge < -0.3 is 9.64 Å². The fourth-order valence-electron chi connectivity index (χ4n) is 0.993. The van der Waals surface area contributed by atoms with Crippen molar-refractivity contribution in [2.45, 2.75) is 26.4 Å². The summed E-state index contributed by atoms with van der Waals surface area (Å²) in [6, 6.07) is 0. The molecule has 0 aliphatic rings. The monoisotopic (exact) mass is 181 g/mol. The van der Waals surface area contributed by atoms with Gasteiger partial charge in [-0.2, -0.15) is 0 Å². The lowest BCUT2D eigenvalue weighted by molar-refractivity contribution is -0.0474. The lowest BCUT2D eigenvalue weighted by atomic mass is 10.3. The molecule has 0 heterocycles. The highest BCUT2D eigenvalue weighted by Crippen LogP contribution is 2.06. The fraction of sp³-hybridized carbons (Fsp3) is 1.00. The first-order chi connectivity index (χ1) is 5.65. The van der Waals surface area contributed by atoms with Crippen molar-refractivity contribution >= 4 is 0 Å². The van der Waals surface area contributed by atoms with Gasteiger partial charge in [0.15, 0.2) is 0 Å². The predicted molar refractivity (Wildman–Crippen MR) is 44.6 cm³/mol. The molecule has 0 rings (SSSR count). The zero-order valence-corrected chi connectivity index (χ0v) is 7.89. The van der Waals surface area contributed by atoms with Crippen molar-refractivity contribution in [1.29, 1.82) is 0 Å². The van der Waals surface area contributed by atoms with Crippen molar-refractivity contribution in [3.05, 3.63) is 0 Å². The average Bonchev–Trinajstić information content (AvgIpc) is 2.06. The average molecular weight is 181 g/mol. The molecule has 0 aromatic heterocycles. The fourth-order valence-corrected chi connectivity index (χ4v) is 0.993. The largest absolute Gasteiger partial charge is 0.374 e. The molecule has 0 bridgehead atoms. The SMILES string of the molecule is CCN(CC)C[C@H](OC)C(F)F. The number of methoxy groups -OCH3 is 1. The third-order valence-corrected chi connectivity index (χ3v) is 1.92. The van der Waals surface area contributed by atoms with Crippen molar-refractivity contribution in [1.82, 2.24) is 4.90 Å². The molecule has 0 saturated heterocycles. The maximum atomic E-state index is 12.2. The third kappa shape index (κ3) is 3.97. The standard InChI is InChI=1S/C8H17F2NO/c1-4-11(5-2)6-7(12-3)8(9)10/h7-8H,4-6H2,1-3H3/t7-/m0/s1. The highest BCUT2D eigenvalue weighted by atomic mass is 19.3. The molecule has 1 atom stereocenters. The first kappa shape index (κ1) is 11.8. The van der Waals surface area contributed by atoms with Gasteiger partial charge in [-0.15, -0.1) is 0 Å². The molecule has 0 aliphatic carbocycles. The molecule has 2 nitrogen and oxygen atoms in total. The Kier molecular flexibility index (Phi) is 6.20.